The summed E-state index contributed by atoms with van der Waals surface area (Å²) in [5.74, 6) is 5.97. The first-order valence-electron chi connectivity index (χ1n) is 4.92. The number of rotatable bonds is 4. The third kappa shape index (κ3) is 3.38. The smallest absolute Gasteiger partial charge is 0.0355 e. The van der Waals surface area contributed by atoms with E-state index in [4.69, 9.17) is 0 Å². The summed E-state index contributed by atoms with van der Waals surface area (Å²) in [6.07, 6.45) is 6.62. The van der Waals surface area contributed by atoms with Crippen molar-refractivity contribution in [2.24, 2.45) is 0 Å². The molecule has 0 amide bonds. The molecular weight excluding hydrogens is 158 g/mol. The van der Waals surface area contributed by atoms with Crippen molar-refractivity contribution in [3.05, 3.63) is 23.5 Å². The average Bonchev–Trinajstić information content (AvgIpc) is 2.59. The van der Waals surface area contributed by atoms with Gasteiger partial charge in [-0.3, -0.25) is 0 Å². The van der Waals surface area contributed by atoms with E-state index in [1.807, 2.05) is 6.92 Å². The number of hydrogen-bond donors (Lipinski definition) is 1. The largest absolute Gasteiger partial charge is 0.365 e. The lowest BCUT2D eigenvalue weighted by atomic mass is 10.2. The SMILES string of the molecule is CC#CCc1c[nH]c(CCCC)c1. The molecule has 0 aliphatic carbocycles. The van der Waals surface area contributed by atoms with Gasteiger partial charge in [0.2, 0.25) is 0 Å². The van der Waals surface area contributed by atoms with Crippen LogP contribution in [0.15, 0.2) is 12.3 Å². The Bertz CT molecular complexity index is 298. The molecule has 0 bridgehead atoms. The predicted molar refractivity (Wildman–Crippen MR) is 56.6 cm³/mol. The maximum atomic E-state index is 3.28. The molecule has 0 aromatic carbocycles. The summed E-state index contributed by atoms with van der Waals surface area (Å²) in [5, 5.41) is 0. The van der Waals surface area contributed by atoms with E-state index in [2.05, 4.69) is 36.0 Å². The van der Waals surface area contributed by atoms with Gasteiger partial charge < -0.3 is 4.98 Å². The van der Waals surface area contributed by atoms with Crippen molar-refractivity contribution in [2.75, 3.05) is 0 Å². The van der Waals surface area contributed by atoms with Crippen LogP contribution >= 0.6 is 0 Å². The van der Waals surface area contributed by atoms with Crippen LogP contribution in [0.3, 0.4) is 0 Å². The van der Waals surface area contributed by atoms with E-state index in [0.717, 1.165) is 12.8 Å². The maximum absolute atomic E-state index is 3.28. The molecule has 0 radical (unpaired) electrons. The van der Waals surface area contributed by atoms with E-state index in [0.29, 0.717) is 0 Å². The van der Waals surface area contributed by atoms with Gasteiger partial charge in [-0.05, 0) is 31.4 Å². The summed E-state index contributed by atoms with van der Waals surface area (Å²) in [4.78, 5) is 3.28. The molecule has 0 saturated carbocycles. The van der Waals surface area contributed by atoms with E-state index in [1.54, 1.807) is 0 Å². The van der Waals surface area contributed by atoms with Crippen LogP contribution < -0.4 is 0 Å². The fourth-order valence-electron chi connectivity index (χ4n) is 1.30. The van der Waals surface area contributed by atoms with E-state index >= 15 is 0 Å². The summed E-state index contributed by atoms with van der Waals surface area (Å²) < 4.78 is 0. The highest BCUT2D eigenvalue weighted by molar-refractivity contribution is 5.21. The van der Waals surface area contributed by atoms with Crippen LogP contribution in [0, 0.1) is 11.8 Å². The Kier molecular flexibility index (Phi) is 4.18. The van der Waals surface area contributed by atoms with E-state index in [9.17, 15) is 0 Å². The first kappa shape index (κ1) is 9.92. The van der Waals surface area contributed by atoms with Crippen LogP contribution in [0.2, 0.25) is 0 Å². The second-order valence-electron chi connectivity index (χ2n) is 3.24. The zero-order chi connectivity index (χ0) is 9.52. The van der Waals surface area contributed by atoms with E-state index < -0.39 is 0 Å². The molecule has 0 spiro atoms. The Hall–Kier alpha value is -1.16. The predicted octanol–water partition coefficient (Wildman–Crippen LogP) is 2.92. The number of aryl methyl sites for hydroxylation is 1. The number of nitrogens with one attached hydrogen (secondary N) is 1. The van der Waals surface area contributed by atoms with Gasteiger partial charge in [0.25, 0.3) is 0 Å². The Labute approximate surface area is 80.6 Å². The van der Waals surface area contributed by atoms with Crippen molar-refractivity contribution < 1.29 is 0 Å². The summed E-state index contributed by atoms with van der Waals surface area (Å²) in [6, 6.07) is 2.22. The van der Waals surface area contributed by atoms with Crippen molar-refractivity contribution in [3.63, 3.8) is 0 Å². The van der Waals surface area contributed by atoms with Gasteiger partial charge >= 0.3 is 0 Å². The van der Waals surface area contributed by atoms with Gasteiger partial charge in [0, 0.05) is 18.3 Å². The van der Waals surface area contributed by atoms with Gasteiger partial charge in [0.1, 0.15) is 0 Å². The number of aromatic nitrogens is 1. The third-order valence-electron chi connectivity index (χ3n) is 2.07. The van der Waals surface area contributed by atoms with Crippen molar-refractivity contribution >= 4 is 0 Å². The molecular formula is C12H17N. The minimum atomic E-state index is 0.874. The quantitative estimate of drug-likeness (QED) is 0.677. The summed E-state index contributed by atoms with van der Waals surface area (Å²) >= 11 is 0. The molecule has 0 aliphatic rings. The highest BCUT2D eigenvalue weighted by Crippen LogP contribution is 2.07. The van der Waals surface area contributed by atoms with Crippen molar-refractivity contribution in [1.82, 2.24) is 4.98 Å². The van der Waals surface area contributed by atoms with Gasteiger partial charge in [-0.1, -0.05) is 19.3 Å². The fourth-order valence-corrected chi connectivity index (χ4v) is 1.30. The Balaban J connectivity index is 2.46. The van der Waals surface area contributed by atoms with Crippen molar-refractivity contribution in [1.29, 1.82) is 0 Å². The molecule has 1 rings (SSSR count). The van der Waals surface area contributed by atoms with Crippen LogP contribution in [0.5, 0.6) is 0 Å². The van der Waals surface area contributed by atoms with Gasteiger partial charge in [0.15, 0.2) is 0 Å². The maximum Gasteiger partial charge on any atom is 0.0355 e. The van der Waals surface area contributed by atoms with E-state index in [1.165, 1.54) is 24.1 Å². The molecule has 1 aromatic rings. The highest BCUT2D eigenvalue weighted by atomic mass is 14.7. The lowest BCUT2D eigenvalue weighted by molar-refractivity contribution is 0.781. The summed E-state index contributed by atoms with van der Waals surface area (Å²) in [7, 11) is 0. The van der Waals surface area contributed by atoms with Crippen LogP contribution in [0.4, 0.5) is 0 Å². The van der Waals surface area contributed by atoms with Crippen LogP contribution in [-0.4, -0.2) is 4.98 Å². The monoisotopic (exact) mass is 175 g/mol. The number of H-pyrrole nitrogens is 1. The molecule has 0 saturated heterocycles. The first-order chi connectivity index (χ1) is 6.36. The highest BCUT2D eigenvalue weighted by Gasteiger charge is 1.96. The van der Waals surface area contributed by atoms with Gasteiger partial charge in [-0.25, -0.2) is 0 Å². The second kappa shape index (κ2) is 5.48. The lowest BCUT2D eigenvalue weighted by Crippen LogP contribution is -1.82. The molecule has 0 unspecified atom stereocenters. The average molecular weight is 175 g/mol. The van der Waals surface area contributed by atoms with Crippen molar-refractivity contribution in [3.8, 4) is 11.8 Å². The van der Waals surface area contributed by atoms with Crippen LogP contribution in [0.1, 0.15) is 37.9 Å². The van der Waals surface area contributed by atoms with Crippen molar-refractivity contribution in [2.45, 2.75) is 39.5 Å². The number of hydrogen-bond acceptors (Lipinski definition) is 0. The molecule has 0 atom stereocenters. The molecule has 70 valence electrons. The molecule has 1 heterocycles. The minimum Gasteiger partial charge on any atom is -0.365 e. The lowest BCUT2D eigenvalue weighted by Gasteiger charge is -1.92. The van der Waals surface area contributed by atoms with E-state index in [-0.39, 0.29) is 0 Å². The van der Waals surface area contributed by atoms with Gasteiger partial charge in [0.05, 0.1) is 0 Å². The molecule has 0 aliphatic heterocycles. The Morgan fingerprint density at radius 2 is 2.31 bits per heavy atom. The number of aromatic amines is 1. The Morgan fingerprint density at radius 1 is 1.46 bits per heavy atom. The topological polar surface area (TPSA) is 15.8 Å². The summed E-state index contributed by atoms with van der Waals surface area (Å²) in [5.41, 5.74) is 2.65. The first-order valence-corrected chi connectivity index (χ1v) is 4.92. The van der Waals surface area contributed by atoms with Crippen LogP contribution in [-0.2, 0) is 12.8 Å². The molecule has 0 fully saturated rings. The standard InChI is InChI=1S/C12H17N/c1-3-5-7-11-9-12(13-10-11)8-6-4-2/h9-10,13H,4,6-8H2,1-2H3. The fraction of sp³-hybridized carbons (Fsp3) is 0.500. The van der Waals surface area contributed by atoms with Crippen LogP contribution in [0.25, 0.3) is 0 Å². The molecule has 13 heavy (non-hydrogen) atoms. The molecule has 1 aromatic heterocycles. The van der Waals surface area contributed by atoms with Gasteiger partial charge in [-0.15, -0.1) is 5.92 Å². The molecule has 1 N–H and O–H groups in total. The molecule has 1 heteroatoms. The zero-order valence-corrected chi connectivity index (χ0v) is 8.48. The summed E-state index contributed by atoms with van der Waals surface area (Å²) in [6.45, 7) is 4.09. The van der Waals surface area contributed by atoms with Gasteiger partial charge in [-0.2, -0.15) is 0 Å². The Morgan fingerprint density at radius 3 is 3.00 bits per heavy atom. The second-order valence-corrected chi connectivity index (χ2v) is 3.24. The minimum absolute atomic E-state index is 0.874. The normalized spacial score (nSPS) is 9.38. The zero-order valence-electron chi connectivity index (χ0n) is 8.48. The third-order valence-corrected chi connectivity index (χ3v) is 2.07. The number of unbranched alkanes of at least 4 members (excludes halogenated alkanes) is 1. The molecule has 1 nitrogen and oxygen atoms in total.